The maximum atomic E-state index is 12.6. The number of carbonyl (C=O) groups excluding carboxylic acids is 1. The van der Waals surface area contributed by atoms with Crippen molar-refractivity contribution in [2.24, 2.45) is 5.92 Å². The van der Waals surface area contributed by atoms with E-state index in [-0.39, 0.29) is 11.8 Å². The molecule has 1 amide bonds. The van der Waals surface area contributed by atoms with Crippen molar-refractivity contribution in [3.8, 4) is 5.82 Å². The summed E-state index contributed by atoms with van der Waals surface area (Å²) < 4.78 is 1.61. The fourth-order valence-corrected chi connectivity index (χ4v) is 3.40. The number of anilines is 2. The van der Waals surface area contributed by atoms with Crippen LogP contribution in [-0.4, -0.2) is 43.7 Å². The summed E-state index contributed by atoms with van der Waals surface area (Å²) in [6.07, 6.45) is 6.19. The first kappa shape index (κ1) is 18.1. The molecule has 0 spiro atoms. The number of carbonyl (C=O) groups is 1. The number of aromatic nitrogens is 5. The van der Waals surface area contributed by atoms with Gasteiger partial charge in [-0.2, -0.15) is 5.10 Å². The van der Waals surface area contributed by atoms with Crippen LogP contribution in [0.5, 0.6) is 0 Å². The molecule has 1 N–H and O–H groups in total. The first-order valence-corrected chi connectivity index (χ1v) is 9.40. The average molecular weight is 377 g/mol. The van der Waals surface area contributed by atoms with Crippen molar-refractivity contribution in [3.05, 3.63) is 54.4 Å². The van der Waals surface area contributed by atoms with Gasteiger partial charge in [-0.3, -0.25) is 4.79 Å². The maximum Gasteiger partial charge on any atom is 0.227 e. The van der Waals surface area contributed by atoms with E-state index in [4.69, 9.17) is 0 Å². The van der Waals surface area contributed by atoms with Crippen molar-refractivity contribution in [2.75, 3.05) is 23.3 Å². The first-order valence-electron chi connectivity index (χ1n) is 9.40. The molecular formula is C20H23N7O. The lowest BCUT2D eigenvalue weighted by Crippen LogP contribution is -2.38. The van der Waals surface area contributed by atoms with Crippen LogP contribution in [0.4, 0.5) is 11.5 Å². The molecule has 0 radical (unpaired) electrons. The summed E-state index contributed by atoms with van der Waals surface area (Å²) in [5.74, 6) is 1.62. The quantitative estimate of drug-likeness (QED) is 0.752. The van der Waals surface area contributed by atoms with Gasteiger partial charge < -0.3 is 10.2 Å². The van der Waals surface area contributed by atoms with Crippen molar-refractivity contribution in [2.45, 2.75) is 26.7 Å². The highest BCUT2D eigenvalue weighted by Crippen LogP contribution is 2.24. The third kappa shape index (κ3) is 3.85. The fraction of sp³-hybridized carbons (Fsp3) is 0.350. The molecule has 2 aromatic heterocycles. The minimum absolute atomic E-state index is 0.00878. The second kappa shape index (κ2) is 7.75. The molecule has 4 rings (SSSR count). The number of piperidine rings is 1. The summed E-state index contributed by atoms with van der Waals surface area (Å²) >= 11 is 0. The van der Waals surface area contributed by atoms with E-state index >= 15 is 0 Å². The van der Waals surface area contributed by atoms with E-state index < -0.39 is 0 Å². The lowest BCUT2D eigenvalue weighted by Gasteiger charge is -2.32. The van der Waals surface area contributed by atoms with Crippen LogP contribution in [0, 0.1) is 19.8 Å². The number of aryl methyl sites for hydroxylation is 2. The molecule has 0 aliphatic carbocycles. The van der Waals surface area contributed by atoms with Gasteiger partial charge in [-0.25, -0.2) is 19.6 Å². The topological polar surface area (TPSA) is 88.8 Å². The predicted molar refractivity (Wildman–Crippen MR) is 106 cm³/mol. The largest absolute Gasteiger partial charge is 0.356 e. The van der Waals surface area contributed by atoms with Gasteiger partial charge in [-0.05, 0) is 49.9 Å². The summed E-state index contributed by atoms with van der Waals surface area (Å²) in [5, 5.41) is 7.16. The molecule has 144 valence electrons. The Morgan fingerprint density at radius 2 is 1.82 bits per heavy atom. The van der Waals surface area contributed by atoms with Gasteiger partial charge >= 0.3 is 0 Å². The van der Waals surface area contributed by atoms with Crippen molar-refractivity contribution >= 4 is 17.4 Å². The Bertz CT molecular complexity index is 962. The monoisotopic (exact) mass is 377 g/mol. The molecule has 0 bridgehead atoms. The Balaban J connectivity index is 1.37. The lowest BCUT2D eigenvalue weighted by molar-refractivity contribution is -0.120. The van der Waals surface area contributed by atoms with Gasteiger partial charge in [-0.1, -0.05) is 6.07 Å². The lowest BCUT2D eigenvalue weighted by atomic mass is 9.95. The molecule has 0 atom stereocenters. The molecule has 0 unspecified atom stereocenters. The highest BCUT2D eigenvalue weighted by atomic mass is 16.1. The summed E-state index contributed by atoms with van der Waals surface area (Å²) in [6.45, 7) is 5.68. The predicted octanol–water partition coefficient (Wildman–Crippen LogP) is 2.53. The van der Waals surface area contributed by atoms with Gasteiger partial charge in [-0.15, -0.1) is 0 Å². The zero-order chi connectivity index (χ0) is 19.5. The summed E-state index contributed by atoms with van der Waals surface area (Å²) in [7, 11) is 0. The molecule has 3 heterocycles. The van der Waals surface area contributed by atoms with Crippen molar-refractivity contribution in [3.63, 3.8) is 0 Å². The van der Waals surface area contributed by atoms with E-state index in [1.54, 1.807) is 11.0 Å². The van der Waals surface area contributed by atoms with Crippen LogP contribution in [0.25, 0.3) is 5.82 Å². The van der Waals surface area contributed by atoms with Gasteiger partial charge in [0, 0.05) is 30.8 Å². The molecule has 1 aromatic carbocycles. The smallest absolute Gasteiger partial charge is 0.227 e. The number of hydrogen-bond donors (Lipinski definition) is 1. The Morgan fingerprint density at radius 1 is 1.04 bits per heavy atom. The molecule has 1 fully saturated rings. The van der Waals surface area contributed by atoms with Gasteiger partial charge in [0.25, 0.3) is 0 Å². The molecule has 28 heavy (non-hydrogen) atoms. The summed E-state index contributed by atoms with van der Waals surface area (Å²) in [6, 6.07) is 7.91. The summed E-state index contributed by atoms with van der Waals surface area (Å²) in [5.41, 5.74) is 3.27. The third-order valence-electron chi connectivity index (χ3n) is 5.26. The Morgan fingerprint density at radius 3 is 2.54 bits per heavy atom. The second-order valence-electron chi connectivity index (χ2n) is 7.12. The van der Waals surface area contributed by atoms with Crippen LogP contribution in [0.3, 0.4) is 0 Å². The molecule has 1 aliphatic heterocycles. The highest BCUT2D eigenvalue weighted by molar-refractivity contribution is 5.92. The van der Waals surface area contributed by atoms with Crippen LogP contribution in [-0.2, 0) is 4.79 Å². The zero-order valence-electron chi connectivity index (χ0n) is 16.0. The normalized spacial score (nSPS) is 14.9. The Labute approximate surface area is 163 Å². The minimum Gasteiger partial charge on any atom is -0.356 e. The molecule has 3 aromatic rings. The molecule has 0 saturated carbocycles. The van der Waals surface area contributed by atoms with Crippen LogP contribution >= 0.6 is 0 Å². The van der Waals surface area contributed by atoms with Crippen LogP contribution in [0.2, 0.25) is 0 Å². The molecule has 1 saturated heterocycles. The average Bonchev–Trinajstić information content (AvgIpc) is 3.26. The minimum atomic E-state index is 0.00878. The molecular weight excluding hydrogens is 354 g/mol. The Kier molecular flexibility index (Phi) is 5.01. The molecule has 8 nitrogen and oxygen atoms in total. The highest BCUT2D eigenvalue weighted by Gasteiger charge is 2.26. The van der Waals surface area contributed by atoms with Crippen molar-refractivity contribution < 1.29 is 4.79 Å². The van der Waals surface area contributed by atoms with E-state index in [0.717, 1.165) is 37.4 Å². The number of nitrogens with one attached hydrogen (secondary N) is 1. The van der Waals surface area contributed by atoms with E-state index in [2.05, 4.69) is 44.1 Å². The van der Waals surface area contributed by atoms with Crippen molar-refractivity contribution in [1.29, 1.82) is 0 Å². The second-order valence-corrected chi connectivity index (χ2v) is 7.12. The van der Waals surface area contributed by atoms with E-state index in [0.29, 0.717) is 5.82 Å². The molecule has 1 aliphatic rings. The zero-order valence-corrected chi connectivity index (χ0v) is 16.0. The molecule has 8 heteroatoms. The van der Waals surface area contributed by atoms with Gasteiger partial charge in [0.1, 0.15) is 24.8 Å². The van der Waals surface area contributed by atoms with E-state index in [9.17, 15) is 4.79 Å². The fourth-order valence-electron chi connectivity index (χ4n) is 3.40. The van der Waals surface area contributed by atoms with Gasteiger partial charge in [0.2, 0.25) is 5.91 Å². The van der Waals surface area contributed by atoms with Gasteiger partial charge in [0.05, 0.1) is 0 Å². The third-order valence-corrected chi connectivity index (χ3v) is 5.26. The van der Waals surface area contributed by atoms with E-state index in [1.807, 2.05) is 24.3 Å². The standard InChI is InChI=1S/C20H23N7O/c1-14-3-4-17(9-15(14)2)25-20(28)16-5-7-26(8-6-16)18-10-19(23-12-22-18)27-13-21-11-24-27/h3-4,9-13,16H,5-8H2,1-2H3,(H,25,28). The summed E-state index contributed by atoms with van der Waals surface area (Å²) in [4.78, 5) is 27.4. The maximum absolute atomic E-state index is 12.6. The Hall–Kier alpha value is -3.29. The van der Waals surface area contributed by atoms with Crippen LogP contribution in [0.15, 0.2) is 43.2 Å². The van der Waals surface area contributed by atoms with E-state index in [1.165, 1.54) is 23.8 Å². The first-order chi connectivity index (χ1) is 13.6. The number of rotatable bonds is 4. The number of benzene rings is 1. The number of nitrogens with zero attached hydrogens (tertiary/aromatic N) is 6. The van der Waals surface area contributed by atoms with Crippen molar-refractivity contribution in [1.82, 2.24) is 24.7 Å². The SMILES string of the molecule is Cc1ccc(NC(=O)C2CCN(c3cc(-n4cncn4)ncn3)CC2)cc1C. The van der Waals surface area contributed by atoms with Crippen LogP contribution in [0.1, 0.15) is 24.0 Å². The van der Waals surface area contributed by atoms with Gasteiger partial charge in [0.15, 0.2) is 5.82 Å². The number of amides is 1. The van der Waals surface area contributed by atoms with Crippen LogP contribution < -0.4 is 10.2 Å². The number of hydrogen-bond acceptors (Lipinski definition) is 6.